The molecule has 0 atom stereocenters. The fourth-order valence-electron chi connectivity index (χ4n) is 1.26. The molecule has 0 aliphatic carbocycles. The second-order valence-electron chi connectivity index (χ2n) is 3.57. The summed E-state index contributed by atoms with van der Waals surface area (Å²) >= 11 is 0. The smallest absolute Gasteiger partial charge is 0.218 e. The van der Waals surface area contributed by atoms with Gasteiger partial charge in [-0.2, -0.15) is 0 Å². The van der Waals surface area contributed by atoms with Crippen molar-refractivity contribution < 1.29 is 9.47 Å². The summed E-state index contributed by atoms with van der Waals surface area (Å²) in [6, 6.07) is 1.82. The number of anilines is 1. The van der Waals surface area contributed by atoms with Crippen molar-refractivity contribution in [3.63, 3.8) is 0 Å². The minimum Gasteiger partial charge on any atom is -0.478 e. The normalized spacial score (nSPS) is 10.2. The predicted molar refractivity (Wildman–Crippen MR) is 67.4 cm³/mol. The van der Waals surface area contributed by atoms with E-state index >= 15 is 0 Å². The number of nitrogens with zero attached hydrogens (tertiary/aromatic N) is 2. The van der Waals surface area contributed by atoms with E-state index in [0.29, 0.717) is 12.5 Å². The van der Waals surface area contributed by atoms with E-state index in [9.17, 15) is 0 Å². The molecule has 0 spiro atoms. The zero-order valence-electron chi connectivity index (χ0n) is 10.6. The molecule has 0 saturated carbocycles. The third-order valence-electron chi connectivity index (χ3n) is 2.07. The SMILES string of the molecule is CCCOc1cc(NCCCOCC)ncn1. The summed E-state index contributed by atoms with van der Waals surface area (Å²) in [5, 5.41) is 3.21. The molecule has 0 aromatic carbocycles. The van der Waals surface area contributed by atoms with Gasteiger partial charge < -0.3 is 14.8 Å². The molecule has 0 bridgehead atoms. The lowest BCUT2D eigenvalue weighted by molar-refractivity contribution is 0.147. The van der Waals surface area contributed by atoms with Crippen molar-refractivity contribution >= 4 is 5.82 Å². The van der Waals surface area contributed by atoms with Crippen molar-refractivity contribution in [3.05, 3.63) is 12.4 Å². The maximum Gasteiger partial charge on any atom is 0.218 e. The first kappa shape index (κ1) is 13.7. The molecule has 0 aliphatic rings. The van der Waals surface area contributed by atoms with Gasteiger partial charge in [-0.1, -0.05) is 6.92 Å². The van der Waals surface area contributed by atoms with E-state index in [0.717, 1.165) is 38.4 Å². The molecule has 0 fully saturated rings. The second-order valence-corrected chi connectivity index (χ2v) is 3.57. The maximum atomic E-state index is 5.42. The average Bonchev–Trinajstić information content (AvgIpc) is 2.37. The van der Waals surface area contributed by atoms with E-state index in [-0.39, 0.29) is 0 Å². The van der Waals surface area contributed by atoms with Crippen molar-refractivity contribution in [1.82, 2.24) is 9.97 Å². The van der Waals surface area contributed by atoms with E-state index in [4.69, 9.17) is 9.47 Å². The van der Waals surface area contributed by atoms with Crippen LogP contribution in [0.25, 0.3) is 0 Å². The Bertz CT molecular complexity index is 308. The van der Waals surface area contributed by atoms with Crippen LogP contribution in [0.15, 0.2) is 12.4 Å². The van der Waals surface area contributed by atoms with Gasteiger partial charge in [0.05, 0.1) is 6.61 Å². The van der Waals surface area contributed by atoms with Gasteiger partial charge in [0.2, 0.25) is 5.88 Å². The highest BCUT2D eigenvalue weighted by molar-refractivity contribution is 5.36. The highest BCUT2D eigenvalue weighted by atomic mass is 16.5. The molecular formula is C12H21N3O2. The molecule has 0 saturated heterocycles. The second kappa shape index (κ2) is 8.75. The Labute approximate surface area is 103 Å². The van der Waals surface area contributed by atoms with Crippen LogP contribution in [0.1, 0.15) is 26.7 Å². The Balaban J connectivity index is 2.27. The van der Waals surface area contributed by atoms with Gasteiger partial charge in [-0.25, -0.2) is 9.97 Å². The van der Waals surface area contributed by atoms with Crippen molar-refractivity contribution in [3.8, 4) is 5.88 Å². The van der Waals surface area contributed by atoms with Gasteiger partial charge in [0.1, 0.15) is 12.1 Å². The van der Waals surface area contributed by atoms with Crippen LogP contribution in [0.5, 0.6) is 5.88 Å². The van der Waals surface area contributed by atoms with Gasteiger partial charge in [0, 0.05) is 25.8 Å². The van der Waals surface area contributed by atoms with E-state index in [1.54, 1.807) is 0 Å². The lowest BCUT2D eigenvalue weighted by Crippen LogP contribution is -2.07. The molecule has 1 N–H and O–H groups in total. The average molecular weight is 239 g/mol. The summed E-state index contributed by atoms with van der Waals surface area (Å²) in [6.07, 6.45) is 3.44. The van der Waals surface area contributed by atoms with Crippen molar-refractivity contribution in [2.75, 3.05) is 31.7 Å². The quantitative estimate of drug-likeness (QED) is 0.669. The first-order valence-electron chi connectivity index (χ1n) is 6.13. The predicted octanol–water partition coefficient (Wildman–Crippen LogP) is 2.10. The topological polar surface area (TPSA) is 56.3 Å². The van der Waals surface area contributed by atoms with Crippen molar-refractivity contribution in [2.24, 2.45) is 0 Å². The Morgan fingerprint density at radius 2 is 2.12 bits per heavy atom. The van der Waals surface area contributed by atoms with Crippen LogP contribution in [0.3, 0.4) is 0 Å². The van der Waals surface area contributed by atoms with Gasteiger partial charge in [0.15, 0.2) is 0 Å². The molecule has 1 heterocycles. The zero-order chi connectivity index (χ0) is 12.3. The van der Waals surface area contributed by atoms with E-state index in [1.807, 2.05) is 13.0 Å². The Hall–Kier alpha value is -1.36. The van der Waals surface area contributed by atoms with E-state index < -0.39 is 0 Å². The number of nitrogens with one attached hydrogen (secondary N) is 1. The summed E-state index contributed by atoms with van der Waals surface area (Å²) in [4.78, 5) is 8.16. The zero-order valence-corrected chi connectivity index (χ0v) is 10.6. The highest BCUT2D eigenvalue weighted by Gasteiger charge is 1.98. The molecule has 0 radical (unpaired) electrons. The molecule has 5 heteroatoms. The van der Waals surface area contributed by atoms with Crippen LogP contribution in [0.2, 0.25) is 0 Å². The number of rotatable bonds is 9. The van der Waals surface area contributed by atoms with Gasteiger partial charge in [-0.05, 0) is 19.8 Å². The fourth-order valence-corrected chi connectivity index (χ4v) is 1.26. The Morgan fingerprint density at radius 3 is 2.88 bits per heavy atom. The Morgan fingerprint density at radius 1 is 1.24 bits per heavy atom. The number of hydrogen-bond acceptors (Lipinski definition) is 5. The van der Waals surface area contributed by atoms with Crippen LogP contribution in [0.4, 0.5) is 5.82 Å². The van der Waals surface area contributed by atoms with Gasteiger partial charge in [-0.15, -0.1) is 0 Å². The minimum atomic E-state index is 0.620. The molecule has 0 unspecified atom stereocenters. The molecule has 0 aliphatic heterocycles. The third kappa shape index (κ3) is 6.06. The monoisotopic (exact) mass is 239 g/mol. The van der Waals surface area contributed by atoms with Crippen LogP contribution in [-0.4, -0.2) is 36.3 Å². The number of aromatic nitrogens is 2. The molecule has 5 nitrogen and oxygen atoms in total. The minimum absolute atomic E-state index is 0.620. The number of hydrogen-bond donors (Lipinski definition) is 1. The Kier molecular flexibility index (Phi) is 7.06. The van der Waals surface area contributed by atoms with Gasteiger partial charge in [0.25, 0.3) is 0 Å². The molecule has 1 aromatic heterocycles. The first-order valence-corrected chi connectivity index (χ1v) is 6.13. The van der Waals surface area contributed by atoms with Gasteiger partial charge in [-0.3, -0.25) is 0 Å². The maximum absolute atomic E-state index is 5.42. The van der Waals surface area contributed by atoms with Crippen LogP contribution in [-0.2, 0) is 4.74 Å². The summed E-state index contributed by atoms with van der Waals surface area (Å²) in [5.41, 5.74) is 0. The molecule has 1 aromatic rings. The van der Waals surface area contributed by atoms with E-state index in [1.165, 1.54) is 6.33 Å². The lowest BCUT2D eigenvalue weighted by Gasteiger charge is -2.07. The lowest BCUT2D eigenvalue weighted by atomic mass is 10.4. The first-order chi connectivity index (χ1) is 8.36. The molecule has 17 heavy (non-hydrogen) atoms. The summed E-state index contributed by atoms with van der Waals surface area (Å²) in [7, 11) is 0. The summed E-state index contributed by atoms with van der Waals surface area (Å²) < 4.78 is 10.7. The van der Waals surface area contributed by atoms with Crippen molar-refractivity contribution in [1.29, 1.82) is 0 Å². The summed E-state index contributed by atoms with van der Waals surface area (Å²) in [6.45, 7) is 7.12. The van der Waals surface area contributed by atoms with E-state index in [2.05, 4.69) is 22.2 Å². The molecular weight excluding hydrogens is 218 g/mol. The van der Waals surface area contributed by atoms with Gasteiger partial charge >= 0.3 is 0 Å². The highest BCUT2D eigenvalue weighted by Crippen LogP contribution is 2.10. The fraction of sp³-hybridized carbons (Fsp3) is 0.667. The standard InChI is InChI=1S/C12H21N3O2/c1-3-7-17-12-9-11(14-10-15-12)13-6-5-8-16-4-2/h9-10H,3-8H2,1-2H3,(H,13,14,15). The van der Waals surface area contributed by atoms with Crippen LogP contribution in [0, 0.1) is 0 Å². The molecule has 0 amide bonds. The van der Waals surface area contributed by atoms with Crippen LogP contribution < -0.4 is 10.1 Å². The molecule has 1 rings (SSSR count). The van der Waals surface area contributed by atoms with Crippen LogP contribution >= 0.6 is 0 Å². The summed E-state index contributed by atoms with van der Waals surface area (Å²) in [5.74, 6) is 1.41. The molecule has 96 valence electrons. The number of ether oxygens (including phenoxy) is 2. The largest absolute Gasteiger partial charge is 0.478 e. The third-order valence-corrected chi connectivity index (χ3v) is 2.07. The van der Waals surface area contributed by atoms with Crippen molar-refractivity contribution in [2.45, 2.75) is 26.7 Å².